The molecule has 0 amide bonds. The topological polar surface area (TPSA) is 77.3 Å². The van der Waals surface area contributed by atoms with E-state index in [9.17, 15) is 10.1 Å². The summed E-state index contributed by atoms with van der Waals surface area (Å²) in [5.41, 5.74) is 0.652. The molecule has 6 heteroatoms. The zero-order chi connectivity index (χ0) is 12.8. The molecular weight excluding hydrogens is 222 g/mol. The van der Waals surface area contributed by atoms with Crippen molar-refractivity contribution in [3.8, 4) is 5.88 Å². The first-order valence-corrected chi connectivity index (χ1v) is 5.48. The molecule has 6 nitrogen and oxygen atoms in total. The maximum absolute atomic E-state index is 10.8. The molecule has 0 aliphatic rings. The minimum absolute atomic E-state index is 0.0751. The highest BCUT2D eigenvalue weighted by Gasteiger charge is 2.16. The Hall–Kier alpha value is -1.69. The molecule has 94 valence electrons. The third-order valence-corrected chi connectivity index (χ3v) is 2.06. The summed E-state index contributed by atoms with van der Waals surface area (Å²) in [5, 5.41) is 13.9. The van der Waals surface area contributed by atoms with Crippen LogP contribution in [0.1, 0.15) is 19.4 Å². The van der Waals surface area contributed by atoms with Crippen molar-refractivity contribution in [2.45, 2.75) is 26.8 Å². The van der Waals surface area contributed by atoms with E-state index in [0.29, 0.717) is 19.2 Å². The molecule has 1 N–H and O–H groups in total. The van der Waals surface area contributed by atoms with Crippen LogP contribution in [0.2, 0.25) is 0 Å². The Morgan fingerprint density at radius 1 is 1.59 bits per heavy atom. The lowest BCUT2D eigenvalue weighted by Gasteiger charge is -2.09. The van der Waals surface area contributed by atoms with Gasteiger partial charge in [0.05, 0.1) is 4.92 Å². The lowest BCUT2D eigenvalue weighted by Crippen LogP contribution is -2.27. The number of aromatic nitrogens is 1. The van der Waals surface area contributed by atoms with Gasteiger partial charge in [0.25, 0.3) is 5.88 Å². The van der Waals surface area contributed by atoms with Crippen LogP contribution in [-0.2, 0) is 0 Å². The molecule has 0 spiro atoms. The normalized spacial score (nSPS) is 10.6. The van der Waals surface area contributed by atoms with Crippen LogP contribution in [-0.4, -0.2) is 29.1 Å². The molecule has 0 saturated heterocycles. The molecule has 17 heavy (non-hydrogen) atoms. The van der Waals surface area contributed by atoms with Gasteiger partial charge >= 0.3 is 5.69 Å². The monoisotopic (exact) mass is 239 g/mol. The highest BCUT2D eigenvalue weighted by molar-refractivity contribution is 5.42. The van der Waals surface area contributed by atoms with Crippen molar-refractivity contribution in [2.24, 2.45) is 0 Å². The Balaban J connectivity index is 2.61. The summed E-state index contributed by atoms with van der Waals surface area (Å²) in [6.45, 7) is 6.78. The van der Waals surface area contributed by atoms with E-state index in [1.54, 1.807) is 13.1 Å². The van der Waals surface area contributed by atoms with Crippen LogP contribution in [0.15, 0.2) is 12.3 Å². The number of nitrogens with one attached hydrogen (secondary N) is 1. The number of hydrogen-bond acceptors (Lipinski definition) is 5. The van der Waals surface area contributed by atoms with E-state index < -0.39 is 4.92 Å². The number of hydrogen-bond donors (Lipinski definition) is 1. The van der Waals surface area contributed by atoms with Crippen LogP contribution in [0.3, 0.4) is 0 Å². The van der Waals surface area contributed by atoms with Gasteiger partial charge in [-0.3, -0.25) is 10.1 Å². The fraction of sp³-hybridized carbons (Fsp3) is 0.545. The average molecular weight is 239 g/mol. The minimum Gasteiger partial charge on any atom is -0.471 e. The van der Waals surface area contributed by atoms with E-state index in [1.807, 2.05) is 13.8 Å². The van der Waals surface area contributed by atoms with Crippen molar-refractivity contribution < 1.29 is 9.66 Å². The lowest BCUT2D eigenvalue weighted by atomic mass is 10.3. The van der Waals surface area contributed by atoms with Gasteiger partial charge in [0.1, 0.15) is 6.61 Å². The van der Waals surface area contributed by atoms with Gasteiger partial charge in [0, 0.05) is 24.8 Å². The third-order valence-electron chi connectivity index (χ3n) is 2.06. The molecule has 0 aliphatic carbocycles. The first kappa shape index (κ1) is 13.4. The number of aryl methyl sites for hydroxylation is 1. The van der Waals surface area contributed by atoms with Crippen LogP contribution in [0.4, 0.5) is 5.69 Å². The minimum atomic E-state index is -0.481. The van der Waals surface area contributed by atoms with Crippen molar-refractivity contribution in [3.63, 3.8) is 0 Å². The van der Waals surface area contributed by atoms with E-state index in [4.69, 9.17) is 4.74 Å². The summed E-state index contributed by atoms with van der Waals surface area (Å²) in [4.78, 5) is 14.2. The quantitative estimate of drug-likeness (QED) is 0.464. The maximum Gasteiger partial charge on any atom is 0.331 e. The summed E-state index contributed by atoms with van der Waals surface area (Å²) in [6, 6.07) is 1.82. The molecular formula is C11H17N3O3. The molecule has 1 heterocycles. The Kier molecular flexibility index (Phi) is 4.84. The SMILES string of the molecule is Cc1cnc(OCCNC(C)C)c([N+](=O)[O-])c1. The van der Waals surface area contributed by atoms with E-state index in [0.717, 1.165) is 5.56 Å². The van der Waals surface area contributed by atoms with Gasteiger partial charge < -0.3 is 10.1 Å². The summed E-state index contributed by atoms with van der Waals surface area (Å²) in [6.07, 6.45) is 1.55. The second-order valence-electron chi connectivity index (χ2n) is 4.05. The first-order valence-electron chi connectivity index (χ1n) is 5.48. The summed E-state index contributed by atoms with van der Waals surface area (Å²) >= 11 is 0. The van der Waals surface area contributed by atoms with Gasteiger partial charge in [-0.1, -0.05) is 13.8 Å². The van der Waals surface area contributed by atoms with Crippen LogP contribution < -0.4 is 10.1 Å². The third kappa shape index (κ3) is 4.36. The second kappa shape index (κ2) is 6.15. The van der Waals surface area contributed by atoms with Crippen LogP contribution in [0.5, 0.6) is 5.88 Å². The van der Waals surface area contributed by atoms with E-state index in [1.165, 1.54) is 6.07 Å². The Morgan fingerprint density at radius 3 is 2.88 bits per heavy atom. The van der Waals surface area contributed by atoms with E-state index >= 15 is 0 Å². The summed E-state index contributed by atoms with van der Waals surface area (Å²) < 4.78 is 5.29. The van der Waals surface area contributed by atoms with Crippen molar-refractivity contribution in [1.29, 1.82) is 0 Å². The molecule has 0 radical (unpaired) electrons. The van der Waals surface area contributed by atoms with Crippen molar-refractivity contribution in [1.82, 2.24) is 10.3 Å². The number of ether oxygens (including phenoxy) is 1. The average Bonchev–Trinajstić information content (AvgIpc) is 2.25. The fourth-order valence-electron chi connectivity index (χ4n) is 1.28. The van der Waals surface area contributed by atoms with Gasteiger partial charge in [-0.15, -0.1) is 0 Å². The van der Waals surface area contributed by atoms with Crippen LogP contribution >= 0.6 is 0 Å². The fourth-order valence-corrected chi connectivity index (χ4v) is 1.28. The van der Waals surface area contributed by atoms with E-state index in [-0.39, 0.29) is 11.6 Å². The standard InChI is InChI=1S/C11H17N3O3/c1-8(2)12-4-5-17-11-10(14(15)16)6-9(3)7-13-11/h6-8,12H,4-5H2,1-3H3. The number of rotatable bonds is 6. The largest absolute Gasteiger partial charge is 0.471 e. The predicted octanol–water partition coefficient (Wildman–Crippen LogP) is 1.68. The Bertz CT molecular complexity index is 394. The van der Waals surface area contributed by atoms with Crippen molar-refractivity contribution >= 4 is 5.69 Å². The molecule has 1 aromatic heterocycles. The number of nitrogens with zero attached hydrogens (tertiary/aromatic N) is 2. The molecule has 0 bridgehead atoms. The molecule has 1 rings (SSSR count). The Labute approximate surface area is 100 Å². The van der Waals surface area contributed by atoms with Crippen molar-refractivity contribution in [2.75, 3.05) is 13.2 Å². The highest BCUT2D eigenvalue weighted by atomic mass is 16.6. The summed E-state index contributed by atoms with van der Waals surface area (Å²) in [5.74, 6) is 0.0751. The second-order valence-corrected chi connectivity index (χ2v) is 4.05. The zero-order valence-electron chi connectivity index (χ0n) is 10.3. The van der Waals surface area contributed by atoms with Gasteiger partial charge in [-0.25, -0.2) is 4.98 Å². The van der Waals surface area contributed by atoms with Gasteiger partial charge in [0.15, 0.2) is 0 Å². The molecule has 1 aromatic rings. The lowest BCUT2D eigenvalue weighted by molar-refractivity contribution is -0.386. The van der Waals surface area contributed by atoms with Gasteiger partial charge in [-0.05, 0) is 12.5 Å². The molecule has 0 unspecified atom stereocenters. The molecule has 0 atom stereocenters. The van der Waals surface area contributed by atoms with Crippen molar-refractivity contribution in [3.05, 3.63) is 27.9 Å². The Morgan fingerprint density at radius 2 is 2.29 bits per heavy atom. The molecule has 0 aliphatic heterocycles. The number of nitro groups is 1. The molecule has 0 saturated carbocycles. The summed E-state index contributed by atoms with van der Waals surface area (Å²) in [7, 11) is 0. The zero-order valence-corrected chi connectivity index (χ0v) is 10.3. The first-order chi connectivity index (χ1) is 8.00. The van der Waals surface area contributed by atoms with Crippen LogP contribution in [0, 0.1) is 17.0 Å². The predicted molar refractivity (Wildman–Crippen MR) is 64.3 cm³/mol. The maximum atomic E-state index is 10.8. The highest BCUT2D eigenvalue weighted by Crippen LogP contribution is 2.24. The van der Waals surface area contributed by atoms with Gasteiger partial charge in [-0.2, -0.15) is 0 Å². The number of pyridine rings is 1. The smallest absolute Gasteiger partial charge is 0.331 e. The molecule has 0 aromatic carbocycles. The van der Waals surface area contributed by atoms with E-state index in [2.05, 4.69) is 10.3 Å². The van der Waals surface area contributed by atoms with Crippen LogP contribution in [0.25, 0.3) is 0 Å². The van der Waals surface area contributed by atoms with Gasteiger partial charge in [0.2, 0.25) is 0 Å². The molecule has 0 fully saturated rings.